The summed E-state index contributed by atoms with van der Waals surface area (Å²) in [5.74, 6) is 0. The zero-order valence-electron chi connectivity index (χ0n) is 5.34. The predicted molar refractivity (Wildman–Crippen MR) is 38.8 cm³/mol. The quantitative estimate of drug-likeness (QED) is 0.630. The number of halogens is 2. The van der Waals surface area contributed by atoms with Crippen LogP contribution in [0, 0.1) is 6.08 Å². The number of anilines is 1. The molecule has 0 atom stereocenters. The van der Waals surface area contributed by atoms with Gasteiger partial charge in [-0.2, -0.15) is 4.39 Å². The van der Waals surface area contributed by atoms with Gasteiger partial charge in [0.25, 0.3) is 0 Å². The first-order valence-electron chi connectivity index (χ1n) is 2.48. The SMILES string of the molecule is CNc1cnc(F)nc1.Cl. The molecule has 0 spiro atoms. The third-order valence-corrected chi connectivity index (χ3v) is 0.909. The highest BCUT2D eigenvalue weighted by molar-refractivity contribution is 5.85. The molecule has 0 fully saturated rings. The van der Waals surface area contributed by atoms with E-state index in [1.165, 1.54) is 12.4 Å². The average Bonchev–Trinajstić information content (AvgIpc) is 1.90. The molecule has 0 aliphatic carbocycles. The van der Waals surface area contributed by atoms with Crippen molar-refractivity contribution in [3.8, 4) is 0 Å². The highest BCUT2D eigenvalue weighted by Crippen LogP contribution is 1.98. The van der Waals surface area contributed by atoms with E-state index < -0.39 is 6.08 Å². The van der Waals surface area contributed by atoms with Gasteiger partial charge in [-0.05, 0) is 0 Å². The Morgan fingerprint density at radius 1 is 1.40 bits per heavy atom. The summed E-state index contributed by atoms with van der Waals surface area (Å²) in [6.07, 6.45) is 2.05. The number of aromatic nitrogens is 2. The summed E-state index contributed by atoms with van der Waals surface area (Å²) in [7, 11) is 1.72. The van der Waals surface area contributed by atoms with Crippen LogP contribution in [0.5, 0.6) is 0 Å². The number of nitrogens with zero attached hydrogens (tertiary/aromatic N) is 2. The van der Waals surface area contributed by atoms with E-state index in [0.29, 0.717) is 5.69 Å². The zero-order valence-corrected chi connectivity index (χ0v) is 6.15. The van der Waals surface area contributed by atoms with Gasteiger partial charge in [0.2, 0.25) is 0 Å². The monoisotopic (exact) mass is 163 g/mol. The van der Waals surface area contributed by atoms with Crippen molar-refractivity contribution in [2.24, 2.45) is 0 Å². The molecular formula is C5H7ClFN3. The van der Waals surface area contributed by atoms with Crippen LogP contribution in [0.4, 0.5) is 10.1 Å². The predicted octanol–water partition coefficient (Wildman–Crippen LogP) is 1.08. The van der Waals surface area contributed by atoms with Crippen molar-refractivity contribution < 1.29 is 4.39 Å². The lowest BCUT2D eigenvalue weighted by Crippen LogP contribution is -1.92. The van der Waals surface area contributed by atoms with E-state index in [9.17, 15) is 4.39 Å². The molecule has 0 aliphatic heterocycles. The van der Waals surface area contributed by atoms with Crippen LogP contribution in [0.2, 0.25) is 0 Å². The van der Waals surface area contributed by atoms with Gasteiger partial charge < -0.3 is 5.32 Å². The maximum Gasteiger partial charge on any atom is 0.308 e. The Hall–Kier alpha value is -0.900. The highest BCUT2D eigenvalue weighted by atomic mass is 35.5. The van der Waals surface area contributed by atoms with Crippen molar-refractivity contribution in [1.29, 1.82) is 0 Å². The largest absolute Gasteiger partial charge is 0.386 e. The molecule has 0 unspecified atom stereocenters. The van der Waals surface area contributed by atoms with Crippen molar-refractivity contribution in [2.45, 2.75) is 0 Å². The van der Waals surface area contributed by atoms with Crippen molar-refractivity contribution in [3.05, 3.63) is 18.5 Å². The maximum atomic E-state index is 12.0. The summed E-state index contributed by atoms with van der Waals surface area (Å²) in [5, 5.41) is 2.76. The van der Waals surface area contributed by atoms with Crippen LogP contribution in [0.25, 0.3) is 0 Å². The van der Waals surface area contributed by atoms with Gasteiger partial charge in [-0.3, -0.25) is 0 Å². The minimum absolute atomic E-state index is 0. The van der Waals surface area contributed by atoms with E-state index in [2.05, 4.69) is 15.3 Å². The topological polar surface area (TPSA) is 37.8 Å². The second kappa shape index (κ2) is 4.00. The van der Waals surface area contributed by atoms with Crippen molar-refractivity contribution in [2.75, 3.05) is 12.4 Å². The van der Waals surface area contributed by atoms with Crippen molar-refractivity contribution in [1.82, 2.24) is 9.97 Å². The lowest BCUT2D eigenvalue weighted by molar-refractivity contribution is 0.539. The number of rotatable bonds is 1. The van der Waals surface area contributed by atoms with Crippen LogP contribution < -0.4 is 5.32 Å². The molecule has 0 aromatic carbocycles. The van der Waals surface area contributed by atoms with Crippen LogP contribution in [0.15, 0.2) is 12.4 Å². The van der Waals surface area contributed by atoms with Gasteiger partial charge in [-0.1, -0.05) is 0 Å². The third-order valence-electron chi connectivity index (χ3n) is 0.909. The normalized spacial score (nSPS) is 8.20. The van der Waals surface area contributed by atoms with Gasteiger partial charge in [-0.25, -0.2) is 9.97 Å². The summed E-state index contributed by atoms with van der Waals surface area (Å²) in [4.78, 5) is 6.62. The number of hydrogen-bond acceptors (Lipinski definition) is 3. The first-order valence-corrected chi connectivity index (χ1v) is 2.48. The molecule has 1 N–H and O–H groups in total. The molecule has 5 heteroatoms. The minimum Gasteiger partial charge on any atom is -0.386 e. The van der Waals surface area contributed by atoms with Crippen LogP contribution in [0.3, 0.4) is 0 Å². The van der Waals surface area contributed by atoms with Crippen molar-refractivity contribution in [3.63, 3.8) is 0 Å². The Kier molecular flexibility index (Phi) is 3.64. The van der Waals surface area contributed by atoms with E-state index in [-0.39, 0.29) is 12.4 Å². The van der Waals surface area contributed by atoms with Crippen LogP contribution in [-0.2, 0) is 0 Å². The smallest absolute Gasteiger partial charge is 0.308 e. The van der Waals surface area contributed by atoms with Gasteiger partial charge in [-0.15, -0.1) is 12.4 Å². The molecule has 56 valence electrons. The van der Waals surface area contributed by atoms with E-state index in [0.717, 1.165) is 0 Å². The molecule has 0 radical (unpaired) electrons. The molecule has 1 heterocycles. The molecule has 0 saturated heterocycles. The Labute approximate surface area is 64.1 Å². The Morgan fingerprint density at radius 3 is 2.30 bits per heavy atom. The molecule has 0 saturated carbocycles. The summed E-state index contributed by atoms with van der Waals surface area (Å²) < 4.78 is 12.0. The van der Waals surface area contributed by atoms with Crippen molar-refractivity contribution >= 4 is 18.1 Å². The molecule has 0 amide bonds. The zero-order chi connectivity index (χ0) is 6.69. The minimum atomic E-state index is -0.700. The Morgan fingerprint density at radius 2 is 1.90 bits per heavy atom. The van der Waals surface area contributed by atoms with E-state index >= 15 is 0 Å². The van der Waals surface area contributed by atoms with Gasteiger partial charge in [0.15, 0.2) is 0 Å². The van der Waals surface area contributed by atoms with E-state index in [1.54, 1.807) is 7.05 Å². The van der Waals surface area contributed by atoms with E-state index in [1.807, 2.05) is 0 Å². The fourth-order valence-corrected chi connectivity index (χ4v) is 0.441. The Balaban J connectivity index is 0.000000810. The summed E-state index contributed by atoms with van der Waals surface area (Å²) >= 11 is 0. The van der Waals surface area contributed by atoms with E-state index in [4.69, 9.17) is 0 Å². The average molecular weight is 164 g/mol. The standard InChI is InChI=1S/C5H6FN3.ClH/c1-7-4-2-8-5(6)9-3-4;/h2-3,7H,1H3;1H. The number of hydrogen-bond donors (Lipinski definition) is 1. The van der Waals surface area contributed by atoms with Crippen LogP contribution in [0.1, 0.15) is 0 Å². The maximum absolute atomic E-state index is 12.0. The molecule has 3 nitrogen and oxygen atoms in total. The fraction of sp³-hybridized carbons (Fsp3) is 0.200. The second-order valence-corrected chi connectivity index (χ2v) is 1.49. The first kappa shape index (κ1) is 9.10. The summed E-state index contributed by atoms with van der Waals surface area (Å²) in [6, 6.07) is 0. The highest BCUT2D eigenvalue weighted by Gasteiger charge is 1.89. The molecular weight excluding hydrogens is 157 g/mol. The molecule has 0 bridgehead atoms. The molecule has 1 rings (SSSR count). The molecule has 1 aromatic heterocycles. The molecule has 1 aromatic rings. The summed E-state index contributed by atoms with van der Waals surface area (Å²) in [5.41, 5.74) is 0.705. The lowest BCUT2D eigenvalue weighted by Gasteiger charge is -1.94. The van der Waals surface area contributed by atoms with Gasteiger partial charge >= 0.3 is 6.08 Å². The Bertz CT molecular complexity index is 189. The third kappa shape index (κ3) is 2.14. The van der Waals surface area contributed by atoms with Gasteiger partial charge in [0.1, 0.15) is 0 Å². The molecule has 10 heavy (non-hydrogen) atoms. The fourth-order valence-electron chi connectivity index (χ4n) is 0.441. The lowest BCUT2D eigenvalue weighted by atomic mass is 10.5. The number of nitrogens with one attached hydrogen (secondary N) is 1. The van der Waals surface area contributed by atoms with Gasteiger partial charge in [0, 0.05) is 7.05 Å². The van der Waals surface area contributed by atoms with Crippen LogP contribution >= 0.6 is 12.4 Å². The second-order valence-electron chi connectivity index (χ2n) is 1.49. The molecule has 0 aliphatic rings. The van der Waals surface area contributed by atoms with Crippen LogP contribution in [-0.4, -0.2) is 17.0 Å². The first-order chi connectivity index (χ1) is 4.33. The summed E-state index contributed by atoms with van der Waals surface area (Å²) in [6.45, 7) is 0. The van der Waals surface area contributed by atoms with Gasteiger partial charge in [0.05, 0.1) is 18.1 Å².